The molecule has 3 nitrogen and oxygen atoms in total. The van der Waals surface area contributed by atoms with Gasteiger partial charge in [0.2, 0.25) is 5.00 Å². The number of aliphatic hydroxyl groups excluding tert-OH is 1. The van der Waals surface area contributed by atoms with Crippen molar-refractivity contribution in [1.29, 1.82) is 0 Å². The zero-order chi connectivity index (χ0) is 9.97. The normalized spacial score (nSPS) is 22.4. The zero-order valence-corrected chi connectivity index (χ0v) is 8.63. The summed E-state index contributed by atoms with van der Waals surface area (Å²) in [6.45, 7) is 9.46. The van der Waals surface area contributed by atoms with Gasteiger partial charge in [-0.1, -0.05) is 6.07 Å². The summed E-state index contributed by atoms with van der Waals surface area (Å²) >= 11 is 1.54. The lowest BCUT2D eigenvalue weighted by atomic mass is 10.3. The van der Waals surface area contributed by atoms with Crippen LogP contribution in [0.3, 0.4) is 0 Å². The van der Waals surface area contributed by atoms with Crippen LogP contribution in [0.5, 0.6) is 0 Å². The van der Waals surface area contributed by atoms with Crippen LogP contribution in [-0.2, 0) is 6.54 Å². The zero-order valence-electron chi connectivity index (χ0n) is 7.81. The summed E-state index contributed by atoms with van der Waals surface area (Å²) in [5.74, 6) is 0. The van der Waals surface area contributed by atoms with Crippen LogP contribution in [0.4, 0.5) is 5.00 Å². The van der Waals surface area contributed by atoms with E-state index in [9.17, 15) is 5.11 Å². The number of likely N-dealkylation sites (tertiary alicyclic amines) is 1. The van der Waals surface area contributed by atoms with E-state index < -0.39 is 0 Å². The predicted octanol–water partition coefficient (Wildman–Crippen LogP) is 1.87. The maximum Gasteiger partial charge on any atom is 0.241 e. The fraction of sp³-hybridized carbons (Fsp3) is 0.500. The van der Waals surface area contributed by atoms with Crippen LogP contribution in [0.2, 0.25) is 0 Å². The molecule has 1 unspecified atom stereocenters. The summed E-state index contributed by atoms with van der Waals surface area (Å²) in [7, 11) is 0. The second-order valence-corrected chi connectivity index (χ2v) is 4.68. The minimum Gasteiger partial charge on any atom is -0.392 e. The summed E-state index contributed by atoms with van der Waals surface area (Å²) in [6.07, 6.45) is 0.719. The van der Waals surface area contributed by atoms with Crippen LogP contribution in [0.15, 0.2) is 12.1 Å². The lowest BCUT2D eigenvalue weighted by molar-refractivity contribution is 0.175. The molecule has 1 saturated heterocycles. The molecule has 2 rings (SSSR count). The smallest absolute Gasteiger partial charge is 0.241 e. The maximum atomic E-state index is 9.34. The number of aliphatic hydroxyl groups is 1. The number of hydrogen-bond acceptors (Lipinski definition) is 3. The molecule has 1 aromatic heterocycles. The first-order valence-corrected chi connectivity index (χ1v) is 5.46. The lowest BCUT2D eigenvalue weighted by Gasteiger charge is -2.12. The highest BCUT2D eigenvalue weighted by molar-refractivity contribution is 7.16. The van der Waals surface area contributed by atoms with Crippen molar-refractivity contribution in [3.8, 4) is 0 Å². The average molecular weight is 208 g/mol. The highest BCUT2D eigenvalue weighted by Gasteiger charge is 2.20. The van der Waals surface area contributed by atoms with Crippen molar-refractivity contribution in [2.75, 3.05) is 13.1 Å². The molecule has 1 atom stereocenters. The molecule has 0 aliphatic carbocycles. The molecule has 1 fully saturated rings. The average Bonchev–Trinajstić information content (AvgIpc) is 2.76. The van der Waals surface area contributed by atoms with Crippen LogP contribution in [0.25, 0.3) is 4.85 Å². The molecule has 0 spiro atoms. The highest BCUT2D eigenvalue weighted by atomic mass is 32.1. The van der Waals surface area contributed by atoms with E-state index >= 15 is 0 Å². The van der Waals surface area contributed by atoms with E-state index in [-0.39, 0.29) is 6.10 Å². The van der Waals surface area contributed by atoms with Gasteiger partial charge >= 0.3 is 0 Å². The second-order valence-electron chi connectivity index (χ2n) is 3.53. The molecule has 2 heterocycles. The Hall–Kier alpha value is -0.890. The van der Waals surface area contributed by atoms with Gasteiger partial charge in [0.15, 0.2) is 0 Å². The monoisotopic (exact) mass is 208 g/mol. The lowest BCUT2D eigenvalue weighted by Crippen LogP contribution is -2.20. The quantitative estimate of drug-likeness (QED) is 0.751. The molecule has 0 bridgehead atoms. The molecule has 1 N–H and O–H groups in total. The van der Waals surface area contributed by atoms with Crippen molar-refractivity contribution in [1.82, 2.24) is 4.90 Å². The fourth-order valence-corrected chi connectivity index (χ4v) is 2.52. The number of hydrogen-bond donors (Lipinski definition) is 1. The molecule has 4 heteroatoms. The second kappa shape index (κ2) is 4.09. The van der Waals surface area contributed by atoms with E-state index in [2.05, 4.69) is 9.74 Å². The molecule has 1 aliphatic rings. The Morgan fingerprint density at radius 3 is 3.07 bits per heavy atom. The van der Waals surface area contributed by atoms with Crippen molar-refractivity contribution in [3.63, 3.8) is 0 Å². The van der Waals surface area contributed by atoms with Crippen LogP contribution in [-0.4, -0.2) is 29.2 Å². The Balaban J connectivity index is 1.95. The van der Waals surface area contributed by atoms with Crippen LogP contribution in [0, 0.1) is 6.57 Å². The summed E-state index contributed by atoms with van der Waals surface area (Å²) in [4.78, 5) is 6.82. The van der Waals surface area contributed by atoms with Crippen LogP contribution < -0.4 is 0 Å². The molecule has 0 amide bonds. The fourth-order valence-electron chi connectivity index (χ4n) is 1.69. The largest absolute Gasteiger partial charge is 0.392 e. The first-order chi connectivity index (χ1) is 6.78. The van der Waals surface area contributed by atoms with E-state index in [1.54, 1.807) is 11.3 Å². The third-order valence-corrected chi connectivity index (χ3v) is 3.35. The number of nitrogens with zero attached hydrogens (tertiary/aromatic N) is 2. The van der Waals surface area contributed by atoms with Gasteiger partial charge in [-0.2, -0.15) is 11.3 Å². The van der Waals surface area contributed by atoms with E-state index in [0.29, 0.717) is 0 Å². The van der Waals surface area contributed by atoms with E-state index in [4.69, 9.17) is 6.57 Å². The molecule has 0 radical (unpaired) electrons. The van der Waals surface area contributed by atoms with Gasteiger partial charge < -0.3 is 5.11 Å². The van der Waals surface area contributed by atoms with Gasteiger partial charge in [0.05, 0.1) is 12.7 Å². The number of thiophene rings is 1. The standard InChI is InChI=1S/C10H12N2OS/c1-11-10-3-2-9(14-10)7-12-5-4-8(13)6-12/h2-3,8,13H,4-7H2. The topological polar surface area (TPSA) is 27.8 Å². The number of rotatable bonds is 2. The Labute approximate surface area is 87.4 Å². The van der Waals surface area contributed by atoms with Crippen molar-refractivity contribution >= 4 is 16.3 Å². The Bertz CT molecular complexity index is 355. The SMILES string of the molecule is [C-]#[N+]c1ccc(CN2CCC(O)C2)s1. The molecule has 1 aliphatic heterocycles. The minimum absolute atomic E-state index is 0.157. The van der Waals surface area contributed by atoms with Gasteiger partial charge in [0.25, 0.3) is 0 Å². The van der Waals surface area contributed by atoms with E-state index in [1.807, 2.05) is 12.1 Å². The molecule has 0 aromatic carbocycles. The van der Waals surface area contributed by atoms with Gasteiger partial charge in [-0.05, 0) is 12.5 Å². The highest BCUT2D eigenvalue weighted by Crippen LogP contribution is 2.26. The Morgan fingerprint density at radius 2 is 2.50 bits per heavy atom. The summed E-state index contributed by atoms with van der Waals surface area (Å²) in [5.41, 5.74) is 0. The molecular formula is C10H12N2OS. The Kier molecular flexibility index (Phi) is 2.82. The molecule has 1 aromatic rings. The number of β-amino-alcohol motifs (C(OH)–C–C–N with tert-alkyl or cyclic N) is 1. The van der Waals surface area contributed by atoms with Crippen molar-refractivity contribution in [3.05, 3.63) is 28.4 Å². The summed E-state index contributed by atoms with van der Waals surface area (Å²) in [5, 5.41) is 10.1. The van der Waals surface area contributed by atoms with Crippen molar-refractivity contribution in [2.45, 2.75) is 19.1 Å². The molecular weight excluding hydrogens is 196 g/mol. The third kappa shape index (κ3) is 2.13. The molecule has 14 heavy (non-hydrogen) atoms. The molecule has 74 valence electrons. The van der Waals surface area contributed by atoms with Gasteiger partial charge in [-0.25, -0.2) is 4.85 Å². The van der Waals surface area contributed by atoms with Crippen molar-refractivity contribution < 1.29 is 5.11 Å². The first-order valence-electron chi connectivity index (χ1n) is 4.64. The van der Waals surface area contributed by atoms with Gasteiger partial charge in [-0.3, -0.25) is 4.90 Å². The van der Waals surface area contributed by atoms with Crippen LogP contribution >= 0.6 is 11.3 Å². The van der Waals surface area contributed by atoms with E-state index in [0.717, 1.165) is 31.1 Å². The first kappa shape index (κ1) is 9.66. The Morgan fingerprint density at radius 1 is 1.64 bits per heavy atom. The minimum atomic E-state index is -0.157. The van der Waals surface area contributed by atoms with Gasteiger partial charge in [-0.15, -0.1) is 0 Å². The van der Waals surface area contributed by atoms with E-state index in [1.165, 1.54) is 4.88 Å². The summed E-state index contributed by atoms with van der Waals surface area (Å²) in [6, 6.07) is 3.86. The van der Waals surface area contributed by atoms with Gasteiger partial charge in [0.1, 0.15) is 0 Å². The third-order valence-electron chi connectivity index (χ3n) is 2.38. The summed E-state index contributed by atoms with van der Waals surface area (Å²) < 4.78 is 0. The van der Waals surface area contributed by atoms with Crippen LogP contribution in [0.1, 0.15) is 11.3 Å². The van der Waals surface area contributed by atoms with Crippen molar-refractivity contribution in [2.24, 2.45) is 0 Å². The maximum absolute atomic E-state index is 9.34. The molecule has 0 saturated carbocycles. The van der Waals surface area contributed by atoms with Gasteiger partial charge in [0, 0.05) is 24.5 Å². The predicted molar refractivity (Wildman–Crippen MR) is 56.5 cm³/mol.